The Hall–Kier alpha value is -2.06. The highest BCUT2D eigenvalue weighted by molar-refractivity contribution is 7.98. The maximum absolute atomic E-state index is 9.50. The van der Waals surface area contributed by atoms with Crippen molar-refractivity contribution in [1.29, 1.82) is 5.26 Å². The molecular formula is C16H18N4S. The lowest BCUT2D eigenvalue weighted by molar-refractivity contribution is 0.925. The lowest BCUT2D eigenvalue weighted by atomic mass is 10.1. The van der Waals surface area contributed by atoms with Gasteiger partial charge in [0.1, 0.15) is 17.5 Å². The minimum absolute atomic E-state index is 0.505. The topological polar surface area (TPSA) is 61.6 Å². The Morgan fingerprint density at radius 1 is 1.24 bits per heavy atom. The van der Waals surface area contributed by atoms with E-state index in [1.165, 1.54) is 17.3 Å². The molecule has 108 valence electrons. The van der Waals surface area contributed by atoms with Crippen molar-refractivity contribution in [2.75, 3.05) is 18.1 Å². The second-order valence-electron chi connectivity index (χ2n) is 4.69. The number of nitrogens with zero attached hydrogens (tertiary/aromatic N) is 3. The molecule has 0 spiro atoms. The van der Waals surface area contributed by atoms with Crippen molar-refractivity contribution < 1.29 is 0 Å². The molecule has 1 aromatic carbocycles. The summed E-state index contributed by atoms with van der Waals surface area (Å²) in [5, 5.41) is 13.4. The highest BCUT2D eigenvalue weighted by atomic mass is 32.2. The van der Waals surface area contributed by atoms with Gasteiger partial charge in [0.05, 0.1) is 5.69 Å². The van der Waals surface area contributed by atoms with E-state index in [1.807, 2.05) is 37.4 Å². The third-order valence-electron chi connectivity index (χ3n) is 3.05. The molecule has 0 aliphatic rings. The Bertz CT molecular complexity index is 659. The zero-order valence-corrected chi connectivity index (χ0v) is 13.3. The molecule has 5 heteroatoms. The monoisotopic (exact) mass is 298 g/mol. The smallest absolute Gasteiger partial charge is 0.189 e. The molecule has 0 aliphatic heterocycles. The Labute approximate surface area is 129 Å². The molecule has 1 aromatic heterocycles. The van der Waals surface area contributed by atoms with Gasteiger partial charge in [-0.1, -0.05) is 48.5 Å². The molecule has 0 aliphatic carbocycles. The van der Waals surface area contributed by atoms with Crippen molar-refractivity contribution in [1.82, 2.24) is 9.97 Å². The van der Waals surface area contributed by atoms with Gasteiger partial charge in [-0.25, -0.2) is 9.97 Å². The summed E-state index contributed by atoms with van der Waals surface area (Å²) in [5.41, 5.74) is 3.32. The van der Waals surface area contributed by atoms with Crippen LogP contribution in [0.4, 0.5) is 5.82 Å². The van der Waals surface area contributed by atoms with Crippen LogP contribution in [-0.2, 0) is 0 Å². The minimum atomic E-state index is 0.505. The van der Waals surface area contributed by atoms with Crippen LogP contribution in [0.5, 0.6) is 0 Å². The summed E-state index contributed by atoms with van der Waals surface area (Å²) in [6.45, 7) is 4.90. The Morgan fingerprint density at radius 2 is 1.95 bits per heavy atom. The number of aryl methyl sites for hydroxylation is 1. The predicted molar refractivity (Wildman–Crippen MR) is 87.5 cm³/mol. The van der Waals surface area contributed by atoms with Crippen molar-refractivity contribution in [3.63, 3.8) is 0 Å². The van der Waals surface area contributed by atoms with Crippen LogP contribution in [0.2, 0.25) is 0 Å². The molecule has 21 heavy (non-hydrogen) atoms. The number of benzene rings is 1. The summed E-state index contributed by atoms with van der Waals surface area (Å²) in [4.78, 5) is 8.94. The van der Waals surface area contributed by atoms with E-state index in [0.717, 1.165) is 18.5 Å². The maximum atomic E-state index is 9.50. The van der Waals surface area contributed by atoms with Gasteiger partial charge in [0, 0.05) is 12.1 Å². The Balaban J connectivity index is 2.57. The van der Waals surface area contributed by atoms with Crippen LogP contribution in [0.25, 0.3) is 11.3 Å². The number of hydrogen-bond donors (Lipinski definition) is 1. The highest BCUT2D eigenvalue weighted by Gasteiger charge is 2.15. The molecule has 0 saturated heterocycles. The molecule has 2 rings (SSSR count). The van der Waals surface area contributed by atoms with Crippen molar-refractivity contribution in [3.8, 4) is 17.3 Å². The number of aromatic nitrogens is 2. The van der Waals surface area contributed by atoms with Gasteiger partial charge in [0.15, 0.2) is 5.16 Å². The van der Waals surface area contributed by atoms with Gasteiger partial charge in [-0.2, -0.15) is 5.26 Å². The fraction of sp³-hybridized carbons (Fsp3) is 0.312. The van der Waals surface area contributed by atoms with Crippen LogP contribution < -0.4 is 5.32 Å². The summed E-state index contributed by atoms with van der Waals surface area (Å²) in [6.07, 6.45) is 2.91. The molecule has 4 nitrogen and oxygen atoms in total. The average molecular weight is 298 g/mol. The molecular weight excluding hydrogens is 280 g/mol. The third-order valence-corrected chi connectivity index (χ3v) is 3.60. The fourth-order valence-electron chi connectivity index (χ4n) is 1.93. The molecule has 0 amide bonds. The van der Waals surface area contributed by atoms with Gasteiger partial charge in [-0.3, -0.25) is 0 Å². The first kappa shape index (κ1) is 15.3. The van der Waals surface area contributed by atoms with Gasteiger partial charge in [0.2, 0.25) is 0 Å². The second kappa shape index (κ2) is 7.09. The minimum Gasteiger partial charge on any atom is -0.369 e. The van der Waals surface area contributed by atoms with Crippen LogP contribution in [-0.4, -0.2) is 22.8 Å². The van der Waals surface area contributed by atoms with Gasteiger partial charge >= 0.3 is 0 Å². The van der Waals surface area contributed by atoms with Crippen LogP contribution in [0.15, 0.2) is 29.4 Å². The first-order valence-electron chi connectivity index (χ1n) is 6.86. The van der Waals surface area contributed by atoms with Gasteiger partial charge < -0.3 is 5.32 Å². The third kappa shape index (κ3) is 3.53. The Morgan fingerprint density at radius 3 is 2.52 bits per heavy atom. The van der Waals surface area contributed by atoms with Gasteiger partial charge in [-0.15, -0.1) is 0 Å². The quantitative estimate of drug-likeness (QED) is 0.670. The molecule has 1 heterocycles. The van der Waals surface area contributed by atoms with Crippen molar-refractivity contribution >= 4 is 17.6 Å². The van der Waals surface area contributed by atoms with Crippen molar-refractivity contribution in [3.05, 3.63) is 35.4 Å². The van der Waals surface area contributed by atoms with E-state index in [9.17, 15) is 5.26 Å². The van der Waals surface area contributed by atoms with E-state index in [-0.39, 0.29) is 0 Å². The van der Waals surface area contributed by atoms with Gasteiger partial charge in [-0.05, 0) is 19.6 Å². The van der Waals surface area contributed by atoms with Crippen molar-refractivity contribution in [2.24, 2.45) is 0 Å². The molecule has 1 N–H and O–H groups in total. The van der Waals surface area contributed by atoms with E-state index in [0.29, 0.717) is 22.2 Å². The summed E-state index contributed by atoms with van der Waals surface area (Å²) in [6, 6.07) is 10.3. The molecule has 2 aromatic rings. The first-order valence-corrected chi connectivity index (χ1v) is 8.09. The molecule has 0 unspecified atom stereocenters. The summed E-state index contributed by atoms with van der Waals surface area (Å²) < 4.78 is 0. The summed E-state index contributed by atoms with van der Waals surface area (Å²) in [7, 11) is 0. The number of nitriles is 1. The lowest BCUT2D eigenvalue weighted by Crippen LogP contribution is -2.07. The SMILES string of the molecule is CCCNc1nc(SC)nc(-c2ccc(C)cc2)c1C#N. The number of rotatable bonds is 5. The standard InChI is InChI=1S/C16H18N4S/c1-4-9-18-15-13(10-17)14(19-16(20-15)21-3)12-7-5-11(2)6-8-12/h5-8H,4,9H2,1-3H3,(H,18,19,20). The largest absolute Gasteiger partial charge is 0.369 e. The van der Waals surface area contributed by atoms with Crippen LogP contribution in [0.1, 0.15) is 24.5 Å². The molecule has 0 atom stereocenters. The zero-order valence-electron chi connectivity index (χ0n) is 12.5. The number of hydrogen-bond acceptors (Lipinski definition) is 5. The van der Waals surface area contributed by atoms with E-state index in [4.69, 9.17) is 0 Å². The van der Waals surface area contributed by atoms with Gasteiger partial charge in [0.25, 0.3) is 0 Å². The van der Waals surface area contributed by atoms with Crippen molar-refractivity contribution in [2.45, 2.75) is 25.4 Å². The summed E-state index contributed by atoms with van der Waals surface area (Å²) in [5.74, 6) is 0.620. The lowest BCUT2D eigenvalue weighted by Gasteiger charge is -2.11. The molecule has 0 bridgehead atoms. The van der Waals surface area contributed by atoms with Crippen LogP contribution >= 0.6 is 11.8 Å². The average Bonchev–Trinajstić information content (AvgIpc) is 2.52. The zero-order chi connectivity index (χ0) is 15.2. The molecule has 0 radical (unpaired) electrons. The number of anilines is 1. The molecule has 0 fully saturated rings. The maximum Gasteiger partial charge on any atom is 0.189 e. The number of nitrogens with one attached hydrogen (secondary N) is 1. The predicted octanol–water partition coefficient (Wildman–Crippen LogP) is 3.87. The normalized spacial score (nSPS) is 10.2. The van der Waals surface area contributed by atoms with E-state index in [2.05, 4.69) is 28.3 Å². The van der Waals surface area contributed by atoms with Crippen LogP contribution in [0.3, 0.4) is 0 Å². The fourth-order valence-corrected chi connectivity index (χ4v) is 2.29. The van der Waals surface area contributed by atoms with E-state index in [1.54, 1.807) is 0 Å². The summed E-state index contributed by atoms with van der Waals surface area (Å²) >= 11 is 1.48. The van der Waals surface area contributed by atoms with E-state index >= 15 is 0 Å². The first-order chi connectivity index (χ1) is 10.2. The Kier molecular flexibility index (Phi) is 5.18. The molecule has 0 saturated carbocycles. The number of thioether (sulfide) groups is 1. The highest BCUT2D eigenvalue weighted by Crippen LogP contribution is 2.28. The van der Waals surface area contributed by atoms with Crippen LogP contribution in [0, 0.1) is 18.3 Å². The van der Waals surface area contributed by atoms with E-state index < -0.39 is 0 Å². The second-order valence-corrected chi connectivity index (χ2v) is 5.46.